The summed E-state index contributed by atoms with van der Waals surface area (Å²) in [7, 11) is 0. The molecule has 2 nitrogen and oxygen atoms in total. The standard InChI is InChI=1S/C17H16O2/c1-13(18)11-17(19)12-14-7-9-16(10-8-14)15-5-3-2-4-6-15/h2-10H,11-12H2,1H3. The summed E-state index contributed by atoms with van der Waals surface area (Å²) in [5.74, 6) is -0.106. The molecule has 2 aromatic rings. The molecule has 2 aromatic carbocycles. The zero-order valence-electron chi connectivity index (χ0n) is 10.9. The lowest BCUT2D eigenvalue weighted by molar-refractivity contribution is -0.125. The molecular weight excluding hydrogens is 236 g/mol. The Balaban J connectivity index is 2.07. The van der Waals surface area contributed by atoms with Crippen molar-refractivity contribution in [3.63, 3.8) is 0 Å². The Hall–Kier alpha value is -2.22. The fourth-order valence-corrected chi connectivity index (χ4v) is 2.01. The smallest absolute Gasteiger partial charge is 0.144 e. The number of benzene rings is 2. The number of hydrogen-bond donors (Lipinski definition) is 0. The van der Waals surface area contributed by atoms with Gasteiger partial charge in [-0.1, -0.05) is 54.6 Å². The van der Waals surface area contributed by atoms with Crippen molar-refractivity contribution in [1.82, 2.24) is 0 Å². The van der Waals surface area contributed by atoms with Gasteiger partial charge in [-0.25, -0.2) is 0 Å². The SMILES string of the molecule is CC(=O)CC(=O)Cc1ccc(-c2ccccc2)cc1. The molecule has 0 aliphatic carbocycles. The van der Waals surface area contributed by atoms with Crippen LogP contribution < -0.4 is 0 Å². The maximum atomic E-state index is 11.6. The minimum absolute atomic E-state index is 0.0278. The quantitative estimate of drug-likeness (QED) is 0.764. The molecule has 0 saturated heterocycles. The van der Waals surface area contributed by atoms with Crippen LogP contribution in [-0.2, 0) is 16.0 Å². The summed E-state index contributed by atoms with van der Waals surface area (Å²) in [5, 5.41) is 0. The first kappa shape index (κ1) is 13.2. The molecule has 0 amide bonds. The molecule has 0 radical (unpaired) electrons. The highest BCUT2D eigenvalue weighted by Gasteiger charge is 2.06. The Bertz CT molecular complexity index is 568. The summed E-state index contributed by atoms with van der Waals surface area (Å²) >= 11 is 0. The summed E-state index contributed by atoms with van der Waals surface area (Å²) in [5.41, 5.74) is 3.23. The van der Waals surface area contributed by atoms with Crippen LogP contribution in [0.2, 0.25) is 0 Å². The predicted molar refractivity (Wildman–Crippen MR) is 75.9 cm³/mol. The molecule has 0 aliphatic rings. The summed E-state index contributed by atoms with van der Waals surface area (Å²) in [6, 6.07) is 18.0. The Morgan fingerprint density at radius 1 is 0.842 bits per heavy atom. The largest absolute Gasteiger partial charge is 0.300 e. The van der Waals surface area contributed by atoms with Gasteiger partial charge in [0.15, 0.2) is 0 Å². The molecule has 0 aliphatic heterocycles. The van der Waals surface area contributed by atoms with Crippen LogP contribution in [0.4, 0.5) is 0 Å². The maximum absolute atomic E-state index is 11.6. The van der Waals surface area contributed by atoms with Gasteiger partial charge in [-0.15, -0.1) is 0 Å². The molecule has 0 aromatic heterocycles. The monoisotopic (exact) mass is 252 g/mol. The van der Waals surface area contributed by atoms with Crippen molar-refractivity contribution in [2.24, 2.45) is 0 Å². The normalized spacial score (nSPS) is 10.2. The number of ketones is 2. The van der Waals surface area contributed by atoms with Gasteiger partial charge in [-0.05, 0) is 23.6 Å². The second kappa shape index (κ2) is 6.10. The Morgan fingerprint density at radius 3 is 2.00 bits per heavy atom. The van der Waals surface area contributed by atoms with E-state index in [0.717, 1.165) is 16.7 Å². The van der Waals surface area contributed by atoms with E-state index in [1.54, 1.807) is 0 Å². The number of carbonyl (C=O) groups is 2. The lowest BCUT2D eigenvalue weighted by Gasteiger charge is -2.04. The first-order valence-corrected chi connectivity index (χ1v) is 6.30. The van der Waals surface area contributed by atoms with Crippen LogP contribution in [-0.4, -0.2) is 11.6 Å². The topological polar surface area (TPSA) is 34.1 Å². The van der Waals surface area contributed by atoms with Crippen LogP contribution in [0, 0.1) is 0 Å². The van der Waals surface area contributed by atoms with Crippen LogP contribution in [0.25, 0.3) is 11.1 Å². The van der Waals surface area contributed by atoms with Gasteiger partial charge < -0.3 is 0 Å². The van der Waals surface area contributed by atoms with Gasteiger partial charge in [0.1, 0.15) is 11.6 Å². The third kappa shape index (κ3) is 3.88. The first-order chi connectivity index (χ1) is 9.15. The zero-order valence-corrected chi connectivity index (χ0v) is 10.9. The summed E-state index contributed by atoms with van der Waals surface area (Å²) in [4.78, 5) is 22.4. The molecule has 2 heteroatoms. The average molecular weight is 252 g/mol. The highest BCUT2D eigenvalue weighted by molar-refractivity contribution is 5.98. The van der Waals surface area contributed by atoms with Crippen molar-refractivity contribution in [2.75, 3.05) is 0 Å². The van der Waals surface area contributed by atoms with E-state index in [1.165, 1.54) is 6.92 Å². The van der Waals surface area contributed by atoms with Crippen molar-refractivity contribution in [3.8, 4) is 11.1 Å². The van der Waals surface area contributed by atoms with E-state index in [4.69, 9.17) is 0 Å². The van der Waals surface area contributed by atoms with E-state index in [2.05, 4.69) is 12.1 Å². The molecule has 0 unspecified atom stereocenters. The molecular formula is C17H16O2. The van der Waals surface area contributed by atoms with E-state index in [-0.39, 0.29) is 18.0 Å². The minimum atomic E-state index is -0.0779. The van der Waals surface area contributed by atoms with Crippen molar-refractivity contribution in [3.05, 3.63) is 60.2 Å². The molecule has 0 bridgehead atoms. The van der Waals surface area contributed by atoms with E-state index in [9.17, 15) is 9.59 Å². The van der Waals surface area contributed by atoms with Crippen molar-refractivity contribution in [2.45, 2.75) is 19.8 Å². The van der Waals surface area contributed by atoms with Crippen molar-refractivity contribution >= 4 is 11.6 Å². The van der Waals surface area contributed by atoms with Crippen molar-refractivity contribution in [1.29, 1.82) is 0 Å². The lowest BCUT2D eigenvalue weighted by atomic mass is 10.0. The molecule has 0 saturated carbocycles. The molecule has 96 valence electrons. The van der Waals surface area contributed by atoms with Gasteiger partial charge in [0.25, 0.3) is 0 Å². The lowest BCUT2D eigenvalue weighted by Crippen LogP contribution is -2.07. The van der Waals surface area contributed by atoms with Crippen molar-refractivity contribution < 1.29 is 9.59 Å². The fourth-order valence-electron chi connectivity index (χ4n) is 2.01. The molecule has 0 heterocycles. The highest BCUT2D eigenvalue weighted by atomic mass is 16.1. The third-order valence-corrected chi connectivity index (χ3v) is 2.91. The van der Waals surface area contributed by atoms with Crippen LogP contribution in [0.3, 0.4) is 0 Å². The number of hydrogen-bond acceptors (Lipinski definition) is 2. The Kier molecular flexibility index (Phi) is 4.24. The molecule has 0 fully saturated rings. The molecule has 19 heavy (non-hydrogen) atoms. The van der Waals surface area contributed by atoms with Crippen LogP contribution in [0.1, 0.15) is 18.9 Å². The number of carbonyl (C=O) groups excluding carboxylic acids is 2. The van der Waals surface area contributed by atoms with Gasteiger partial charge in [0.2, 0.25) is 0 Å². The minimum Gasteiger partial charge on any atom is -0.300 e. The van der Waals surface area contributed by atoms with E-state index in [1.807, 2.05) is 42.5 Å². The first-order valence-electron chi connectivity index (χ1n) is 6.30. The Morgan fingerprint density at radius 2 is 1.42 bits per heavy atom. The maximum Gasteiger partial charge on any atom is 0.144 e. The number of rotatable bonds is 5. The van der Waals surface area contributed by atoms with Gasteiger partial charge >= 0.3 is 0 Å². The second-order valence-electron chi connectivity index (χ2n) is 4.66. The summed E-state index contributed by atoms with van der Waals surface area (Å²) < 4.78 is 0. The van der Waals surface area contributed by atoms with E-state index < -0.39 is 0 Å². The van der Waals surface area contributed by atoms with E-state index in [0.29, 0.717) is 6.42 Å². The fraction of sp³-hybridized carbons (Fsp3) is 0.176. The van der Waals surface area contributed by atoms with E-state index >= 15 is 0 Å². The van der Waals surface area contributed by atoms with Crippen LogP contribution in [0.15, 0.2) is 54.6 Å². The van der Waals surface area contributed by atoms with Crippen LogP contribution in [0.5, 0.6) is 0 Å². The van der Waals surface area contributed by atoms with Gasteiger partial charge in [-0.2, -0.15) is 0 Å². The Labute approximate surface area is 113 Å². The summed E-state index contributed by atoms with van der Waals surface area (Å²) in [6.45, 7) is 1.44. The zero-order chi connectivity index (χ0) is 13.7. The number of Topliss-reactive ketones (excluding diaryl/α,β-unsaturated/α-hetero) is 2. The third-order valence-electron chi connectivity index (χ3n) is 2.91. The summed E-state index contributed by atoms with van der Waals surface area (Å²) in [6.07, 6.45) is 0.356. The molecule has 0 atom stereocenters. The molecule has 0 spiro atoms. The predicted octanol–water partition coefficient (Wildman–Crippen LogP) is 3.44. The van der Waals surface area contributed by atoms with Gasteiger partial charge in [-0.3, -0.25) is 9.59 Å². The highest BCUT2D eigenvalue weighted by Crippen LogP contribution is 2.19. The average Bonchev–Trinajstić information content (AvgIpc) is 2.39. The van der Waals surface area contributed by atoms with Gasteiger partial charge in [0.05, 0.1) is 6.42 Å². The van der Waals surface area contributed by atoms with Crippen LogP contribution >= 0.6 is 0 Å². The molecule has 0 N–H and O–H groups in total. The van der Waals surface area contributed by atoms with Gasteiger partial charge in [0, 0.05) is 6.42 Å². The molecule has 2 rings (SSSR count). The second-order valence-corrected chi connectivity index (χ2v) is 4.66.